The van der Waals surface area contributed by atoms with Crippen molar-refractivity contribution in [1.29, 1.82) is 0 Å². The van der Waals surface area contributed by atoms with Crippen LogP contribution >= 0.6 is 15.9 Å². The van der Waals surface area contributed by atoms with Crippen molar-refractivity contribution in [2.24, 2.45) is 0 Å². The number of benzene rings is 1. The van der Waals surface area contributed by atoms with Crippen LogP contribution in [0.25, 0.3) is 0 Å². The molecule has 0 radical (unpaired) electrons. The predicted molar refractivity (Wildman–Crippen MR) is 58.6 cm³/mol. The van der Waals surface area contributed by atoms with Gasteiger partial charge < -0.3 is 14.6 Å². The average Bonchev–Trinajstić information content (AvgIpc) is 2.20. The van der Waals surface area contributed by atoms with Crippen LogP contribution in [0.1, 0.15) is 6.92 Å². The highest BCUT2D eigenvalue weighted by atomic mass is 79.9. The van der Waals surface area contributed by atoms with Gasteiger partial charge in [-0.15, -0.1) is 13.2 Å². The molecular weight excluding hydrogens is 321 g/mol. The van der Waals surface area contributed by atoms with E-state index in [9.17, 15) is 18.0 Å². The molecule has 0 bridgehead atoms. The molecule has 100 valence electrons. The fourth-order valence-corrected chi connectivity index (χ4v) is 1.46. The summed E-state index contributed by atoms with van der Waals surface area (Å²) in [7, 11) is 0. The van der Waals surface area contributed by atoms with Crippen molar-refractivity contribution in [2.75, 3.05) is 0 Å². The minimum atomic E-state index is -4.79. The first-order valence-electron chi connectivity index (χ1n) is 4.64. The Morgan fingerprint density at radius 3 is 2.50 bits per heavy atom. The molecule has 8 heteroatoms. The number of hydrogen-bond acceptors (Lipinski definition) is 3. The monoisotopic (exact) mass is 328 g/mol. The number of rotatable bonds is 4. The van der Waals surface area contributed by atoms with E-state index in [0.29, 0.717) is 0 Å². The highest BCUT2D eigenvalue weighted by molar-refractivity contribution is 9.10. The van der Waals surface area contributed by atoms with E-state index >= 15 is 0 Å². The fourth-order valence-electron chi connectivity index (χ4n) is 1.02. The third-order valence-electron chi connectivity index (χ3n) is 1.79. The lowest BCUT2D eigenvalue weighted by Crippen LogP contribution is -2.23. The molecule has 0 unspecified atom stereocenters. The quantitative estimate of drug-likeness (QED) is 0.922. The molecule has 0 amide bonds. The summed E-state index contributed by atoms with van der Waals surface area (Å²) in [5.74, 6) is -1.49. The van der Waals surface area contributed by atoms with Gasteiger partial charge >= 0.3 is 12.3 Å². The molecule has 18 heavy (non-hydrogen) atoms. The summed E-state index contributed by atoms with van der Waals surface area (Å²) in [5, 5.41) is 8.61. The second-order valence-corrected chi connectivity index (χ2v) is 4.09. The lowest BCUT2D eigenvalue weighted by Gasteiger charge is -2.13. The van der Waals surface area contributed by atoms with E-state index in [2.05, 4.69) is 20.7 Å². The van der Waals surface area contributed by atoms with Gasteiger partial charge in [0, 0.05) is 0 Å². The first kappa shape index (κ1) is 14.6. The lowest BCUT2D eigenvalue weighted by molar-refractivity contribution is -0.274. The summed E-state index contributed by atoms with van der Waals surface area (Å²) < 4.78 is 44.7. The number of carboxylic acids is 1. The Morgan fingerprint density at radius 1 is 1.44 bits per heavy atom. The number of carboxylic acid groups (broad SMARTS) is 1. The van der Waals surface area contributed by atoms with Crippen molar-refractivity contribution in [1.82, 2.24) is 0 Å². The number of alkyl halides is 3. The molecule has 0 aliphatic rings. The highest BCUT2D eigenvalue weighted by Crippen LogP contribution is 2.33. The maximum atomic E-state index is 12.0. The third-order valence-corrected chi connectivity index (χ3v) is 2.41. The van der Waals surface area contributed by atoms with E-state index in [1.807, 2.05) is 0 Å². The third kappa shape index (κ3) is 4.44. The molecule has 1 N–H and O–H groups in total. The second-order valence-electron chi connectivity index (χ2n) is 3.24. The summed E-state index contributed by atoms with van der Waals surface area (Å²) in [6, 6.07) is 3.41. The van der Waals surface area contributed by atoms with Crippen LogP contribution in [0.5, 0.6) is 11.5 Å². The number of carbonyl (C=O) groups is 1. The van der Waals surface area contributed by atoms with E-state index in [1.165, 1.54) is 19.1 Å². The summed E-state index contributed by atoms with van der Waals surface area (Å²) in [4.78, 5) is 10.5. The van der Waals surface area contributed by atoms with Crippen molar-refractivity contribution in [3.63, 3.8) is 0 Å². The number of halogens is 4. The first-order chi connectivity index (χ1) is 8.19. The molecule has 1 aromatic rings. The summed E-state index contributed by atoms with van der Waals surface area (Å²) in [6.45, 7) is 1.30. The zero-order valence-electron chi connectivity index (χ0n) is 8.99. The van der Waals surface area contributed by atoms with Gasteiger partial charge in [-0.3, -0.25) is 0 Å². The Hall–Kier alpha value is -1.44. The van der Waals surface area contributed by atoms with Crippen molar-refractivity contribution >= 4 is 21.9 Å². The molecule has 0 aliphatic carbocycles. The van der Waals surface area contributed by atoms with Gasteiger partial charge in [0.1, 0.15) is 11.5 Å². The van der Waals surface area contributed by atoms with E-state index in [1.54, 1.807) is 0 Å². The van der Waals surface area contributed by atoms with Crippen LogP contribution in [0.3, 0.4) is 0 Å². The van der Waals surface area contributed by atoms with Crippen LogP contribution in [-0.2, 0) is 4.79 Å². The van der Waals surface area contributed by atoms with Gasteiger partial charge in [-0.05, 0) is 41.1 Å². The molecule has 0 fully saturated rings. The van der Waals surface area contributed by atoms with E-state index < -0.39 is 24.2 Å². The molecule has 4 nitrogen and oxygen atoms in total. The Labute approximate surface area is 108 Å². The van der Waals surface area contributed by atoms with Gasteiger partial charge in [-0.25, -0.2) is 4.79 Å². The molecule has 0 spiro atoms. The topological polar surface area (TPSA) is 55.8 Å². The number of aliphatic carboxylic acids is 1. The summed E-state index contributed by atoms with van der Waals surface area (Å²) >= 11 is 2.87. The summed E-state index contributed by atoms with van der Waals surface area (Å²) in [5.41, 5.74) is 0. The van der Waals surface area contributed by atoms with Gasteiger partial charge in [-0.2, -0.15) is 0 Å². The van der Waals surface area contributed by atoms with Gasteiger partial charge in [0.2, 0.25) is 0 Å². The molecule has 1 aromatic carbocycles. The van der Waals surface area contributed by atoms with Crippen molar-refractivity contribution < 1.29 is 32.5 Å². The van der Waals surface area contributed by atoms with Crippen molar-refractivity contribution in [2.45, 2.75) is 19.4 Å². The lowest BCUT2D eigenvalue weighted by atomic mass is 10.3. The Morgan fingerprint density at radius 2 is 2.06 bits per heavy atom. The largest absolute Gasteiger partial charge is 0.573 e. The number of hydrogen-bond donors (Lipinski definition) is 1. The van der Waals surface area contributed by atoms with Crippen LogP contribution < -0.4 is 9.47 Å². The molecule has 0 saturated heterocycles. The molecule has 1 atom stereocenters. The van der Waals surface area contributed by atoms with Gasteiger partial charge in [0.05, 0.1) is 4.47 Å². The molecule has 0 aromatic heterocycles. The molecule has 1 rings (SSSR count). The maximum absolute atomic E-state index is 12.0. The van der Waals surface area contributed by atoms with Gasteiger partial charge in [-0.1, -0.05) is 0 Å². The zero-order chi connectivity index (χ0) is 13.9. The van der Waals surface area contributed by atoms with Crippen LogP contribution in [-0.4, -0.2) is 23.5 Å². The summed E-state index contributed by atoms with van der Waals surface area (Å²) in [6.07, 6.45) is -5.90. The maximum Gasteiger partial charge on any atom is 0.573 e. The molecule has 0 saturated carbocycles. The molecule has 0 aliphatic heterocycles. The van der Waals surface area contributed by atoms with E-state index in [4.69, 9.17) is 9.84 Å². The Bertz CT molecular complexity index is 447. The Kier molecular flexibility index (Phi) is 4.44. The van der Waals surface area contributed by atoms with Crippen LogP contribution in [0, 0.1) is 0 Å². The number of ether oxygens (including phenoxy) is 2. The van der Waals surface area contributed by atoms with Crippen molar-refractivity contribution in [3.8, 4) is 11.5 Å². The zero-order valence-corrected chi connectivity index (χ0v) is 10.6. The smallest absolute Gasteiger partial charge is 0.479 e. The van der Waals surface area contributed by atoms with Crippen molar-refractivity contribution in [3.05, 3.63) is 22.7 Å². The minimum Gasteiger partial charge on any atom is -0.479 e. The van der Waals surface area contributed by atoms with E-state index in [0.717, 1.165) is 6.07 Å². The predicted octanol–water partition coefficient (Wildman–Crippen LogP) is 3.20. The molecule has 0 heterocycles. The van der Waals surface area contributed by atoms with Crippen LogP contribution in [0.2, 0.25) is 0 Å². The minimum absolute atomic E-state index is 0.00918. The highest BCUT2D eigenvalue weighted by Gasteiger charge is 2.32. The van der Waals surface area contributed by atoms with Crippen LogP contribution in [0.15, 0.2) is 22.7 Å². The fraction of sp³-hybridized carbons (Fsp3) is 0.300. The van der Waals surface area contributed by atoms with Gasteiger partial charge in [0.25, 0.3) is 0 Å². The van der Waals surface area contributed by atoms with E-state index in [-0.39, 0.29) is 10.2 Å². The Balaban J connectivity index is 2.83. The average molecular weight is 329 g/mol. The van der Waals surface area contributed by atoms with Crippen LogP contribution in [0.4, 0.5) is 13.2 Å². The first-order valence-corrected chi connectivity index (χ1v) is 5.43. The van der Waals surface area contributed by atoms with Gasteiger partial charge in [0.15, 0.2) is 6.10 Å². The molecular formula is C10H8BrF3O4. The standard InChI is InChI=1S/C10H8BrF3O4/c1-5(9(15)16)17-6-2-3-8(7(11)4-6)18-10(12,13)14/h2-5H,1H3,(H,15,16)/t5-/m1/s1. The second kappa shape index (κ2) is 5.47. The normalized spacial score (nSPS) is 12.9. The SMILES string of the molecule is C[C@@H](Oc1ccc(OC(F)(F)F)c(Br)c1)C(=O)O.